The maximum absolute atomic E-state index is 13.1. The van der Waals surface area contributed by atoms with Gasteiger partial charge in [-0.15, -0.1) is 0 Å². The zero-order valence-electron chi connectivity index (χ0n) is 19.8. The number of hydrogen-bond acceptors (Lipinski definition) is 5. The van der Waals surface area contributed by atoms with Gasteiger partial charge in [0.15, 0.2) is 5.60 Å². The Morgan fingerprint density at radius 1 is 0.917 bits per heavy atom. The molecule has 2 aromatic carbocycles. The van der Waals surface area contributed by atoms with Crippen molar-refractivity contribution in [1.82, 2.24) is 14.8 Å². The van der Waals surface area contributed by atoms with Crippen molar-refractivity contribution in [2.45, 2.75) is 37.8 Å². The van der Waals surface area contributed by atoms with Gasteiger partial charge in [0.2, 0.25) is 0 Å². The van der Waals surface area contributed by atoms with Gasteiger partial charge in [0, 0.05) is 45.1 Å². The predicted octanol–water partition coefficient (Wildman–Crippen LogP) is 4.29. The molecule has 3 aromatic rings. The quantitative estimate of drug-likeness (QED) is 0.505. The molecule has 1 aliphatic heterocycles. The van der Waals surface area contributed by atoms with Gasteiger partial charge in [-0.3, -0.25) is 19.6 Å². The van der Waals surface area contributed by atoms with Crippen LogP contribution in [0.5, 0.6) is 0 Å². The molecule has 0 saturated carbocycles. The summed E-state index contributed by atoms with van der Waals surface area (Å²) in [6.07, 6.45) is -1.32. The van der Waals surface area contributed by atoms with E-state index in [-0.39, 0.29) is 5.56 Å². The number of pyridine rings is 1. The smallest absolute Gasteiger partial charge is 0.421 e. The van der Waals surface area contributed by atoms with Crippen molar-refractivity contribution in [3.8, 4) is 11.1 Å². The number of carboxylic acids is 1. The number of alkyl halides is 3. The van der Waals surface area contributed by atoms with Crippen LogP contribution in [0.4, 0.5) is 13.2 Å². The minimum Gasteiger partial charge on any atom is -0.480 e. The van der Waals surface area contributed by atoms with Crippen molar-refractivity contribution in [3.63, 3.8) is 0 Å². The number of nitrogens with zero attached hydrogens (tertiary/aromatic N) is 3. The van der Waals surface area contributed by atoms with Crippen molar-refractivity contribution in [2.75, 3.05) is 19.6 Å². The number of aromatic nitrogens is 1. The molecule has 1 aliphatic rings. The van der Waals surface area contributed by atoms with Crippen LogP contribution in [0.3, 0.4) is 0 Å². The third-order valence-corrected chi connectivity index (χ3v) is 6.69. The number of carboxylic acid groups (broad SMARTS) is 1. The first-order valence-corrected chi connectivity index (χ1v) is 11.6. The lowest BCUT2D eigenvalue weighted by atomic mass is 9.93. The molecule has 0 bridgehead atoms. The third kappa shape index (κ3) is 5.75. The van der Waals surface area contributed by atoms with E-state index < -0.39 is 23.8 Å². The maximum Gasteiger partial charge on any atom is 0.421 e. The summed E-state index contributed by atoms with van der Waals surface area (Å²) in [6, 6.07) is 16.4. The molecule has 4 rings (SSSR count). The van der Waals surface area contributed by atoms with E-state index in [4.69, 9.17) is 0 Å². The number of aliphatic carboxylic acids is 1. The molecule has 0 aliphatic carbocycles. The second kappa shape index (κ2) is 10.4. The Morgan fingerprint density at radius 2 is 1.47 bits per heavy atom. The highest BCUT2D eigenvalue weighted by atomic mass is 19.4. The molecule has 0 radical (unpaired) electrons. The highest BCUT2D eigenvalue weighted by Gasteiger charge is 2.51. The summed E-state index contributed by atoms with van der Waals surface area (Å²) in [5, 5.41) is 19.7. The van der Waals surface area contributed by atoms with Crippen molar-refractivity contribution in [3.05, 3.63) is 89.7 Å². The van der Waals surface area contributed by atoms with Gasteiger partial charge in [-0.25, -0.2) is 0 Å². The van der Waals surface area contributed by atoms with Crippen LogP contribution >= 0.6 is 0 Å². The molecule has 1 aromatic heterocycles. The van der Waals surface area contributed by atoms with Gasteiger partial charge < -0.3 is 10.2 Å². The number of aliphatic hydroxyl groups is 1. The van der Waals surface area contributed by atoms with Crippen LogP contribution in [0.1, 0.15) is 23.6 Å². The van der Waals surface area contributed by atoms with E-state index in [0.29, 0.717) is 26.2 Å². The monoisotopic (exact) mass is 499 g/mol. The summed E-state index contributed by atoms with van der Waals surface area (Å²) < 4.78 is 39.2. The molecular formula is C27H28F3N3O3. The molecule has 2 atom stereocenters. The summed E-state index contributed by atoms with van der Waals surface area (Å²) in [6.45, 7) is 3.67. The minimum atomic E-state index is -4.77. The van der Waals surface area contributed by atoms with Crippen LogP contribution in [-0.2, 0) is 23.5 Å². The third-order valence-electron chi connectivity index (χ3n) is 6.69. The van der Waals surface area contributed by atoms with Gasteiger partial charge in [0.05, 0.1) is 0 Å². The zero-order valence-corrected chi connectivity index (χ0v) is 19.8. The average molecular weight is 500 g/mol. The van der Waals surface area contributed by atoms with E-state index >= 15 is 0 Å². The van der Waals surface area contributed by atoms with Gasteiger partial charge in [0.1, 0.15) is 6.04 Å². The molecule has 1 fully saturated rings. The molecule has 0 amide bonds. The Balaban J connectivity index is 1.41. The fourth-order valence-electron chi connectivity index (χ4n) is 4.38. The van der Waals surface area contributed by atoms with Gasteiger partial charge in [-0.1, -0.05) is 48.5 Å². The summed E-state index contributed by atoms with van der Waals surface area (Å²) in [5.41, 5.74) is 0.430. The molecule has 190 valence electrons. The van der Waals surface area contributed by atoms with E-state index in [0.717, 1.165) is 35.7 Å². The van der Waals surface area contributed by atoms with Crippen molar-refractivity contribution in [2.24, 2.45) is 0 Å². The van der Waals surface area contributed by atoms with E-state index in [1.54, 1.807) is 24.5 Å². The van der Waals surface area contributed by atoms with E-state index in [1.165, 1.54) is 12.1 Å². The molecule has 0 spiro atoms. The average Bonchev–Trinajstić information content (AvgIpc) is 2.85. The maximum atomic E-state index is 13.1. The number of hydrogen-bond donors (Lipinski definition) is 2. The summed E-state index contributed by atoms with van der Waals surface area (Å²) in [7, 11) is 0. The lowest BCUT2D eigenvalue weighted by Crippen LogP contribution is -2.55. The second-order valence-electron chi connectivity index (χ2n) is 9.26. The zero-order chi connectivity index (χ0) is 25.9. The van der Waals surface area contributed by atoms with E-state index in [1.807, 2.05) is 41.3 Å². The number of carbonyl (C=O) groups is 1. The largest absolute Gasteiger partial charge is 0.480 e. The molecular weight excluding hydrogens is 471 g/mol. The lowest BCUT2D eigenvalue weighted by molar-refractivity contribution is -0.258. The van der Waals surface area contributed by atoms with Crippen LogP contribution < -0.4 is 0 Å². The van der Waals surface area contributed by atoms with Gasteiger partial charge in [0.25, 0.3) is 0 Å². The molecule has 1 saturated heterocycles. The van der Waals surface area contributed by atoms with E-state index in [2.05, 4.69) is 9.88 Å². The van der Waals surface area contributed by atoms with Crippen LogP contribution in [0, 0.1) is 0 Å². The Labute approximate surface area is 207 Å². The summed E-state index contributed by atoms with van der Waals surface area (Å²) >= 11 is 0. The molecule has 1 unspecified atom stereocenters. The van der Waals surface area contributed by atoms with Gasteiger partial charge >= 0.3 is 12.1 Å². The Hall–Kier alpha value is -3.27. The second-order valence-corrected chi connectivity index (χ2v) is 9.26. The predicted molar refractivity (Wildman–Crippen MR) is 129 cm³/mol. The van der Waals surface area contributed by atoms with Crippen molar-refractivity contribution >= 4 is 5.97 Å². The Bertz CT molecular complexity index is 1170. The minimum absolute atomic E-state index is 0.224. The van der Waals surface area contributed by atoms with Crippen molar-refractivity contribution < 1.29 is 28.2 Å². The van der Waals surface area contributed by atoms with Crippen LogP contribution in [-0.4, -0.2) is 62.8 Å². The molecule has 2 heterocycles. The van der Waals surface area contributed by atoms with E-state index in [9.17, 15) is 28.2 Å². The fourth-order valence-corrected chi connectivity index (χ4v) is 4.38. The molecule has 36 heavy (non-hydrogen) atoms. The first-order chi connectivity index (χ1) is 17.0. The van der Waals surface area contributed by atoms with Gasteiger partial charge in [-0.05, 0) is 46.9 Å². The Kier molecular flexibility index (Phi) is 7.44. The van der Waals surface area contributed by atoms with Gasteiger partial charge in [-0.2, -0.15) is 13.2 Å². The molecule has 6 nitrogen and oxygen atoms in total. The molecule has 9 heteroatoms. The highest BCUT2D eigenvalue weighted by Crippen LogP contribution is 2.39. The SMILES string of the molecule is CC(O)(c1ccc(-c2ccc(CN3CCN(Cc4ccncc4)C[C@H]3C(=O)O)cc2)cc1)C(F)(F)F. The number of rotatable bonds is 7. The van der Waals surface area contributed by atoms with Crippen LogP contribution in [0.2, 0.25) is 0 Å². The van der Waals surface area contributed by atoms with Crippen molar-refractivity contribution in [1.29, 1.82) is 0 Å². The van der Waals surface area contributed by atoms with Crippen LogP contribution in [0.25, 0.3) is 11.1 Å². The summed E-state index contributed by atoms with van der Waals surface area (Å²) in [4.78, 5) is 20.1. The normalized spacial score (nSPS) is 19.1. The standard InChI is InChI=1S/C27H28F3N3O3/c1-26(36,27(28,29)30)23-8-6-22(7-9-23)21-4-2-19(3-5-21)17-33-15-14-32(18-24(33)25(34)35)16-20-10-12-31-13-11-20/h2-13,24,36H,14-18H2,1H3,(H,34,35)/t24-,26?/m0/s1. The first-order valence-electron chi connectivity index (χ1n) is 11.6. The number of halogens is 3. The number of benzene rings is 2. The summed E-state index contributed by atoms with van der Waals surface area (Å²) in [5.74, 6) is -0.860. The number of piperazine rings is 1. The Morgan fingerprint density at radius 3 is 2.03 bits per heavy atom. The lowest BCUT2D eigenvalue weighted by Gasteiger charge is -2.39. The highest BCUT2D eigenvalue weighted by molar-refractivity contribution is 5.74. The first kappa shape index (κ1) is 25.8. The fraction of sp³-hybridized carbons (Fsp3) is 0.333. The van der Waals surface area contributed by atoms with Crippen LogP contribution in [0.15, 0.2) is 73.1 Å². The molecule has 2 N–H and O–H groups in total. The topological polar surface area (TPSA) is 76.9 Å².